The topological polar surface area (TPSA) is 90.0 Å². The van der Waals surface area contributed by atoms with Crippen molar-refractivity contribution in [1.29, 1.82) is 0 Å². The van der Waals surface area contributed by atoms with Gasteiger partial charge in [-0.1, -0.05) is 13.3 Å². The van der Waals surface area contributed by atoms with Crippen LogP contribution in [0.25, 0.3) is 0 Å². The molecule has 1 fully saturated rings. The molecule has 2 heterocycles. The second-order valence-electron chi connectivity index (χ2n) is 5.73. The first-order valence-electron chi connectivity index (χ1n) is 7.90. The zero-order chi connectivity index (χ0) is 17.3. The van der Waals surface area contributed by atoms with Crippen LogP contribution in [0.2, 0.25) is 0 Å². The highest BCUT2D eigenvalue weighted by Gasteiger charge is 2.36. The van der Waals surface area contributed by atoms with Crippen LogP contribution in [0.1, 0.15) is 57.3 Å². The third-order valence-electron chi connectivity index (χ3n) is 4.08. The van der Waals surface area contributed by atoms with Crippen LogP contribution in [0.5, 0.6) is 0 Å². The lowest BCUT2D eigenvalue weighted by molar-refractivity contribution is -0.145. The summed E-state index contributed by atoms with van der Waals surface area (Å²) in [7, 11) is 0. The average molecular weight is 331 g/mol. The van der Waals surface area contributed by atoms with Gasteiger partial charge in [0, 0.05) is 13.0 Å². The number of imide groups is 1. The fraction of sp³-hybridized carbons (Fsp3) is 0.412. The summed E-state index contributed by atoms with van der Waals surface area (Å²) in [6, 6.07) is 4.23. The highest BCUT2D eigenvalue weighted by molar-refractivity contribution is 6.22. The molecule has 0 saturated carbocycles. The Morgan fingerprint density at radius 2 is 2.00 bits per heavy atom. The van der Waals surface area contributed by atoms with Gasteiger partial charge in [0.25, 0.3) is 11.8 Å². The number of carbonyl (C=O) groups excluding carboxylic acids is 4. The lowest BCUT2D eigenvalue weighted by Crippen LogP contribution is -2.30. The quantitative estimate of drug-likeness (QED) is 0.601. The Bertz CT molecular complexity index is 726. The van der Waals surface area contributed by atoms with E-state index in [4.69, 9.17) is 9.47 Å². The van der Waals surface area contributed by atoms with Crippen molar-refractivity contribution in [3.8, 4) is 0 Å². The van der Waals surface area contributed by atoms with E-state index in [0.717, 1.165) is 12.8 Å². The smallest absolute Gasteiger partial charge is 0.347 e. The molecule has 1 atom stereocenters. The molecule has 1 saturated heterocycles. The molecule has 24 heavy (non-hydrogen) atoms. The van der Waals surface area contributed by atoms with Gasteiger partial charge in [0.2, 0.25) is 6.10 Å². The first-order valence-corrected chi connectivity index (χ1v) is 7.90. The average Bonchev–Trinajstić information content (AvgIpc) is 3.08. The van der Waals surface area contributed by atoms with Gasteiger partial charge in [0.05, 0.1) is 23.3 Å². The van der Waals surface area contributed by atoms with Crippen molar-refractivity contribution in [3.63, 3.8) is 0 Å². The number of benzene rings is 1. The zero-order valence-corrected chi connectivity index (χ0v) is 13.2. The van der Waals surface area contributed by atoms with E-state index >= 15 is 0 Å². The maximum atomic E-state index is 12.4. The molecule has 0 N–H and O–H groups in total. The van der Waals surface area contributed by atoms with Gasteiger partial charge in [-0.2, -0.15) is 0 Å². The monoisotopic (exact) mass is 331 g/mol. The number of cyclic esters (lactones) is 1. The SMILES string of the molecule is CCCCN1C(=O)c2ccc(C(=O)O[C@@H]3CCOC3=O)cc2C1=O. The largest absolute Gasteiger partial charge is 0.463 e. The van der Waals surface area contributed by atoms with E-state index in [9.17, 15) is 19.2 Å². The van der Waals surface area contributed by atoms with Crippen molar-refractivity contribution < 1.29 is 28.7 Å². The van der Waals surface area contributed by atoms with Crippen molar-refractivity contribution >= 4 is 23.8 Å². The minimum Gasteiger partial charge on any atom is -0.463 e. The van der Waals surface area contributed by atoms with Crippen LogP contribution in [0, 0.1) is 0 Å². The summed E-state index contributed by atoms with van der Waals surface area (Å²) in [5, 5.41) is 0. The lowest BCUT2D eigenvalue weighted by atomic mass is 10.1. The Morgan fingerprint density at radius 1 is 1.25 bits per heavy atom. The summed E-state index contributed by atoms with van der Waals surface area (Å²) in [5.41, 5.74) is 0.611. The van der Waals surface area contributed by atoms with Gasteiger partial charge in [-0.3, -0.25) is 14.5 Å². The number of rotatable bonds is 5. The normalized spacial score (nSPS) is 19.5. The first kappa shape index (κ1) is 16.2. The second kappa shape index (κ2) is 6.43. The number of nitrogens with zero attached hydrogens (tertiary/aromatic N) is 1. The van der Waals surface area contributed by atoms with E-state index in [1.807, 2.05) is 6.92 Å². The standard InChI is InChI=1S/C17H17NO6/c1-2-3-7-18-14(19)11-5-4-10(9-12(11)15(18)20)16(21)24-13-6-8-23-17(13)22/h4-5,9,13H,2-3,6-8H2,1H3/t13-/m1/s1. The second-order valence-corrected chi connectivity index (χ2v) is 5.73. The Kier molecular flexibility index (Phi) is 4.33. The van der Waals surface area contributed by atoms with Gasteiger partial charge in [0.1, 0.15) is 0 Å². The van der Waals surface area contributed by atoms with E-state index in [1.165, 1.54) is 23.1 Å². The summed E-state index contributed by atoms with van der Waals surface area (Å²) < 4.78 is 9.84. The first-order chi connectivity index (χ1) is 11.5. The summed E-state index contributed by atoms with van der Waals surface area (Å²) >= 11 is 0. The molecule has 1 aromatic carbocycles. The molecule has 7 heteroatoms. The molecule has 0 bridgehead atoms. The summed E-state index contributed by atoms with van der Waals surface area (Å²) in [6.07, 6.45) is 0.994. The van der Waals surface area contributed by atoms with Crippen LogP contribution in [0.15, 0.2) is 18.2 Å². The molecule has 0 spiro atoms. The van der Waals surface area contributed by atoms with Crippen molar-refractivity contribution in [2.24, 2.45) is 0 Å². The van der Waals surface area contributed by atoms with Crippen molar-refractivity contribution in [2.75, 3.05) is 13.2 Å². The number of hydrogen-bond donors (Lipinski definition) is 0. The van der Waals surface area contributed by atoms with Gasteiger partial charge in [-0.05, 0) is 24.6 Å². The minimum absolute atomic E-state index is 0.131. The van der Waals surface area contributed by atoms with Crippen LogP contribution in [0.4, 0.5) is 0 Å². The Labute approximate surface area is 138 Å². The predicted octanol–water partition coefficient (Wildman–Crippen LogP) is 1.55. The minimum atomic E-state index is -0.913. The number of amides is 2. The zero-order valence-electron chi connectivity index (χ0n) is 13.2. The highest BCUT2D eigenvalue weighted by atomic mass is 16.6. The van der Waals surface area contributed by atoms with Gasteiger partial charge in [0.15, 0.2) is 0 Å². The van der Waals surface area contributed by atoms with Crippen LogP contribution in [-0.2, 0) is 14.3 Å². The number of carbonyl (C=O) groups is 4. The van der Waals surface area contributed by atoms with Crippen LogP contribution >= 0.6 is 0 Å². The molecule has 7 nitrogen and oxygen atoms in total. The maximum absolute atomic E-state index is 12.4. The van der Waals surface area contributed by atoms with E-state index < -0.39 is 23.9 Å². The highest BCUT2D eigenvalue weighted by Crippen LogP contribution is 2.25. The molecule has 0 radical (unpaired) electrons. The predicted molar refractivity (Wildman–Crippen MR) is 81.5 cm³/mol. The molecule has 0 aliphatic carbocycles. The molecule has 0 unspecified atom stereocenters. The molecule has 3 rings (SSSR count). The Morgan fingerprint density at radius 3 is 2.67 bits per heavy atom. The Hall–Kier alpha value is -2.70. The summed E-state index contributed by atoms with van der Waals surface area (Å²) in [5.74, 6) is -2.03. The molecule has 126 valence electrons. The maximum Gasteiger partial charge on any atom is 0.347 e. The Balaban J connectivity index is 1.79. The van der Waals surface area contributed by atoms with Crippen LogP contribution in [0.3, 0.4) is 0 Å². The van der Waals surface area contributed by atoms with Crippen LogP contribution in [-0.4, -0.2) is 47.9 Å². The fourth-order valence-electron chi connectivity index (χ4n) is 2.72. The molecule has 2 aliphatic heterocycles. The van der Waals surface area contributed by atoms with Gasteiger partial charge in [-0.15, -0.1) is 0 Å². The fourth-order valence-corrected chi connectivity index (χ4v) is 2.72. The van der Waals surface area contributed by atoms with Gasteiger partial charge in [-0.25, -0.2) is 9.59 Å². The van der Waals surface area contributed by atoms with E-state index in [1.54, 1.807) is 0 Å². The molecule has 2 amide bonds. The molecule has 1 aromatic rings. The molecular formula is C17H17NO6. The van der Waals surface area contributed by atoms with Crippen molar-refractivity contribution in [1.82, 2.24) is 4.90 Å². The van der Waals surface area contributed by atoms with E-state index in [-0.39, 0.29) is 29.2 Å². The van der Waals surface area contributed by atoms with Gasteiger partial charge >= 0.3 is 11.9 Å². The van der Waals surface area contributed by atoms with E-state index in [2.05, 4.69) is 0 Å². The van der Waals surface area contributed by atoms with Crippen molar-refractivity contribution in [3.05, 3.63) is 34.9 Å². The van der Waals surface area contributed by atoms with Crippen molar-refractivity contribution in [2.45, 2.75) is 32.3 Å². The summed E-state index contributed by atoms with van der Waals surface area (Å²) in [4.78, 5) is 49.3. The van der Waals surface area contributed by atoms with Crippen LogP contribution < -0.4 is 0 Å². The lowest BCUT2D eigenvalue weighted by Gasteiger charge is -2.12. The van der Waals surface area contributed by atoms with E-state index in [0.29, 0.717) is 13.0 Å². The number of esters is 2. The number of fused-ring (bicyclic) bond motifs is 1. The molecular weight excluding hydrogens is 314 g/mol. The third-order valence-corrected chi connectivity index (χ3v) is 4.08. The molecule has 0 aromatic heterocycles. The summed E-state index contributed by atoms with van der Waals surface area (Å²) in [6.45, 7) is 2.55. The third kappa shape index (κ3) is 2.77. The molecule has 2 aliphatic rings. The number of hydrogen-bond acceptors (Lipinski definition) is 6. The van der Waals surface area contributed by atoms with Gasteiger partial charge < -0.3 is 9.47 Å². The number of ether oxygens (including phenoxy) is 2. The number of unbranched alkanes of at least 4 members (excludes halogenated alkanes) is 1.